The lowest BCUT2D eigenvalue weighted by molar-refractivity contribution is 0.229. The van der Waals surface area contributed by atoms with Gasteiger partial charge in [-0.2, -0.15) is 5.10 Å². The fraction of sp³-hybridized carbons (Fsp3) is 0.350. The molecule has 0 spiro atoms. The molecule has 2 fully saturated rings. The van der Waals surface area contributed by atoms with Crippen LogP contribution in [-0.2, 0) is 0 Å². The lowest BCUT2D eigenvalue weighted by Gasteiger charge is -2.37. The first-order chi connectivity index (χ1) is 14.4. The molecule has 0 bridgehead atoms. The third-order valence-electron chi connectivity index (χ3n) is 5.99. The standard InChI is InChI=1S/C20H20N8S/c1-2-14-11-28(7-6-27(14)5-1)20-21-10-17(25-26-20)16-4-3-15(13-8-23-24-9-13)18-19(16)29-12-22-18/h3-4,8-10,12,14H,1-2,5-7,11H2,(H,23,24). The highest BCUT2D eigenvalue weighted by molar-refractivity contribution is 7.17. The number of aromatic nitrogens is 6. The van der Waals surface area contributed by atoms with E-state index in [1.54, 1.807) is 11.3 Å². The number of rotatable bonds is 3. The van der Waals surface area contributed by atoms with Crippen LogP contribution in [0.3, 0.4) is 0 Å². The van der Waals surface area contributed by atoms with Crippen molar-refractivity contribution in [3.8, 4) is 22.4 Å². The highest BCUT2D eigenvalue weighted by Crippen LogP contribution is 2.36. The van der Waals surface area contributed by atoms with Crippen LogP contribution in [0.5, 0.6) is 0 Å². The van der Waals surface area contributed by atoms with Gasteiger partial charge in [-0.15, -0.1) is 21.5 Å². The van der Waals surface area contributed by atoms with Gasteiger partial charge in [-0.25, -0.2) is 9.97 Å². The molecule has 8 nitrogen and oxygen atoms in total. The molecule has 0 amide bonds. The maximum Gasteiger partial charge on any atom is 0.245 e. The van der Waals surface area contributed by atoms with Crippen molar-refractivity contribution in [2.45, 2.75) is 18.9 Å². The van der Waals surface area contributed by atoms with Gasteiger partial charge in [0.15, 0.2) is 0 Å². The van der Waals surface area contributed by atoms with Crippen LogP contribution in [0, 0.1) is 0 Å². The van der Waals surface area contributed by atoms with Gasteiger partial charge in [0.2, 0.25) is 5.95 Å². The Morgan fingerprint density at radius 3 is 2.86 bits per heavy atom. The zero-order chi connectivity index (χ0) is 19.2. The normalized spacial score (nSPS) is 19.7. The highest BCUT2D eigenvalue weighted by Gasteiger charge is 2.31. The Hall–Kier alpha value is -2.91. The van der Waals surface area contributed by atoms with Gasteiger partial charge < -0.3 is 4.90 Å². The van der Waals surface area contributed by atoms with Crippen LogP contribution in [0.2, 0.25) is 0 Å². The Morgan fingerprint density at radius 1 is 1.03 bits per heavy atom. The number of anilines is 1. The second-order valence-corrected chi connectivity index (χ2v) is 8.45. The van der Waals surface area contributed by atoms with E-state index in [1.165, 1.54) is 19.4 Å². The maximum atomic E-state index is 4.66. The van der Waals surface area contributed by atoms with Gasteiger partial charge >= 0.3 is 0 Å². The Bertz CT molecular complexity index is 1140. The summed E-state index contributed by atoms with van der Waals surface area (Å²) in [5.74, 6) is 0.732. The number of piperazine rings is 1. The van der Waals surface area contributed by atoms with E-state index in [4.69, 9.17) is 0 Å². The first kappa shape index (κ1) is 17.0. The Morgan fingerprint density at radius 2 is 2.00 bits per heavy atom. The van der Waals surface area contributed by atoms with Crippen molar-refractivity contribution in [1.82, 2.24) is 35.3 Å². The molecule has 9 heteroatoms. The first-order valence-corrected chi connectivity index (χ1v) is 10.8. The van der Waals surface area contributed by atoms with E-state index in [2.05, 4.69) is 52.3 Å². The molecule has 4 aromatic rings. The molecule has 0 radical (unpaired) electrons. The fourth-order valence-electron chi connectivity index (χ4n) is 4.49. The second kappa shape index (κ2) is 6.85. The number of benzene rings is 1. The minimum absolute atomic E-state index is 0.638. The molecule has 1 aromatic carbocycles. The molecule has 6 rings (SSSR count). The van der Waals surface area contributed by atoms with Crippen molar-refractivity contribution in [2.75, 3.05) is 31.1 Å². The lowest BCUT2D eigenvalue weighted by atomic mass is 10.0. The predicted octanol–water partition coefficient (Wildman–Crippen LogP) is 2.82. The summed E-state index contributed by atoms with van der Waals surface area (Å²) in [5, 5.41) is 15.9. The molecule has 0 saturated carbocycles. The van der Waals surface area contributed by atoms with Crippen LogP contribution in [0.15, 0.2) is 36.2 Å². The third kappa shape index (κ3) is 2.89. The van der Waals surface area contributed by atoms with Gasteiger partial charge in [-0.1, -0.05) is 12.1 Å². The zero-order valence-corrected chi connectivity index (χ0v) is 16.6. The van der Waals surface area contributed by atoms with Crippen molar-refractivity contribution >= 4 is 27.5 Å². The zero-order valence-electron chi connectivity index (χ0n) is 15.8. The van der Waals surface area contributed by atoms with Gasteiger partial charge in [0.05, 0.1) is 28.1 Å². The molecular formula is C20H20N8S. The summed E-state index contributed by atoms with van der Waals surface area (Å²) in [5.41, 5.74) is 6.71. The first-order valence-electron chi connectivity index (χ1n) is 9.91. The van der Waals surface area contributed by atoms with Crippen LogP contribution in [-0.4, -0.2) is 67.5 Å². The number of thiazole rings is 1. The van der Waals surface area contributed by atoms with Gasteiger partial charge in [-0.3, -0.25) is 10.00 Å². The minimum atomic E-state index is 0.638. The summed E-state index contributed by atoms with van der Waals surface area (Å²) in [6.45, 7) is 4.29. The van der Waals surface area contributed by atoms with E-state index in [1.807, 2.05) is 24.1 Å². The van der Waals surface area contributed by atoms with E-state index < -0.39 is 0 Å². The lowest BCUT2D eigenvalue weighted by Crippen LogP contribution is -2.50. The largest absolute Gasteiger partial charge is 0.337 e. The van der Waals surface area contributed by atoms with Crippen LogP contribution >= 0.6 is 11.3 Å². The van der Waals surface area contributed by atoms with Crippen molar-refractivity contribution in [3.63, 3.8) is 0 Å². The molecule has 1 atom stereocenters. The Kier molecular flexibility index (Phi) is 4.02. The van der Waals surface area contributed by atoms with E-state index in [0.29, 0.717) is 6.04 Å². The Balaban J connectivity index is 1.31. The summed E-state index contributed by atoms with van der Waals surface area (Å²) in [7, 11) is 0. The SMILES string of the molecule is c1nc2c(-c3cn[nH]c3)ccc(-c3cnc(N4CCN5CCCC5C4)nn3)c2s1. The van der Waals surface area contributed by atoms with Crippen LogP contribution in [0.4, 0.5) is 5.95 Å². The van der Waals surface area contributed by atoms with E-state index in [9.17, 15) is 0 Å². The average Bonchev–Trinajstić information content (AvgIpc) is 3.54. The number of aromatic amines is 1. The summed E-state index contributed by atoms with van der Waals surface area (Å²) in [6.07, 6.45) is 8.11. The Labute approximate surface area is 171 Å². The summed E-state index contributed by atoms with van der Waals surface area (Å²) in [6, 6.07) is 4.78. The van der Waals surface area contributed by atoms with E-state index in [0.717, 1.165) is 58.2 Å². The summed E-state index contributed by atoms with van der Waals surface area (Å²) in [4.78, 5) is 14.1. The summed E-state index contributed by atoms with van der Waals surface area (Å²) < 4.78 is 1.09. The van der Waals surface area contributed by atoms with Crippen LogP contribution in [0.1, 0.15) is 12.8 Å². The molecule has 0 aliphatic carbocycles. The van der Waals surface area contributed by atoms with Gasteiger partial charge in [0, 0.05) is 48.6 Å². The number of hydrogen-bond donors (Lipinski definition) is 1. The van der Waals surface area contributed by atoms with Gasteiger partial charge in [-0.05, 0) is 19.4 Å². The molecule has 5 heterocycles. The van der Waals surface area contributed by atoms with Crippen molar-refractivity contribution in [2.24, 2.45) is 0 Å². The third-order valence-corrected chi connectivity index (χ3v) is 6.85. The molecule has 1 unspecified atom stereocenters. The smallest absolute Gasteiger partial charge is 0.245 e. The number of nitrogens with one attached hydrogen (secondary N) is 1. The van der Waals surface area contributed by atoms with Crippen molar-refractivity contribution < 1.29 is 0 Å². The topological polar surface area (TPSA) is 86.7 Å². The minimum Gasteiger partial charge on any atom is -0.337 e. The van der Waals surface area contributed by atoms with Crippen LogP contribution < -0.4 is 4.90 Å². The molecule has 3 aromatic heterocycles. The number of H-pyrrole nitrogens is 1. The monoisotopic (exact) mass is 404 g/mol. The molecule has 2 aliphatic heterocycles. The molecular weight excluding hydrogens is 384 g/mol. The van der Waals surface area contributed by atoms with E-state index in [-0.39, 0.29) is 0 Å². The molecule has 2 aliphatic rings. The maximum absolute atomic E-state index is 4.66. The average molecular weight is 405 g/mol. The van der Waals surface area contributed by atoms with Crippen molar-refractivity contribution in [1.29, 1.82) is 0 Å². The number of nitrogens with zero attached hydrogens (tertiary/aromatic N) is 7. The fourth-order valence-corrected chi connectivity index (χ4v) is 5.33. The second-order valence-electron chi connectivity index (χ2n) is 7.60. The number of hydrogen-bond acceptors (Lipinski definition) is 8. The summed E-state index contributed by atoms with van der Waals surface area (Å²) >= 11 is 1.61. The number of fused-ring (bicyclic) bond motifs is 2. The molecule has 1 N–H and O–H groups in total. The van der Waals surface area contributed by atoms with E-state index >= 15 is 0 Å². The molecule has 29 heavy (non-hydrogen) atoms. The molecule has 2 saturated heterocycles. The van der Waals surface area contributed by atoms with Crippen molar-refractivity contribution in [3.05, 3.63) is 36.2 Å². The highest BCUT2D eigenvalue weighted by atomic mass is 32.1. The van der Waals surface area contributed by atoms with Crippen LogP contribution in [0.25, 0.3) is 32.6 Å². The quantitative estimate of drug-likeness (QED) is 0.562. The predicted molar refractivity (Wildman–Crippen MR) is 113 cm³/mol. The van der Waals surface area contributed by atoms with Gasteiger partial charge in [0.1, 0.15) is 5.69 Å². The van der Waals surface area contributed by atoms with Gasteiger partial charge in [0.25, 0.3) is 0 Å². The molecule has 146 valence electrons.